The van der Waals surface area contributed by atoms with Crippen molar-refractivity contribution >= 4 is 51.3 Å². The number of methoxy groups -OCH3 is 1. The molecule has 0 unspecified atom stereocenters. The summed E-state index contributed by atoms with van der Waals surface area (Å²) in [5.74, 6) is -1.53. The lowest BCUT2D eigenvalue weighted by molar-refractivity contribution is -0.122. The van der Waals surface area contributed by atoms with E-state index in [1.807, 2.05) is 0 Å². The third kappa shape index (κ3) is 5.03. The van der Waals surface area contributed by atoms with Crippen LogP contribution in [-0.2, 0) is 19.7 Å². The van der Waals surface area contributed by atoms with Crippen molar-refractivity contribution in [2.45, 2.75) is 4.90 Å². The fourth-order valence-corrected chi connectivity index (χ4v) is 4.40. The standard InChI is InChI=1S/C24H17ClN2O7S/c1-33-18-10-8-17(9-11-18)27-23(29)20(22(28)26-24(27)30)14-15-13-16(25)7-12-21(15)34-35(31,32)19-5-3-2-4-6-19/h2-14H,1H3,(H,26,28,30)/b20-14+. The number of benzene rings is 3. The first-order chi connectivity index (χ1) is 16.7. The van der Waals surface area contributed by atoms with Crippen LogP contribution < -0.4 is 19.1 Å². The van der Waals surface area contributed by atoms with Crippen molar-refractivity contribution in [3.05, 3.63) is 89.0 Å². The minimum atomic E-state index is -4.22. The van der Waals surface area contributed by atoms with Gasteiger partial charge in [0.05, 0.1) is 12.8 Å². The number of urea groups is 1. The van der Waals surface area contributed by atoms with E-state index in [4.69, 9.17) is 20.5 Å². The number of rotatable bonds is 6. The number of hydrogen-bond donors (Lipinski definition) is 1. The van der Waals surface area contributed by atoms with Crippen molar-refractivity contribution in [3.63, 3.8) is 0 Å². The Bertz CT molecular complexity index is 1450. The molecule has 0 atom stereocenters. The maximum atomic E-state index is 13.2. The number of carbonyl (C=O) groups is 3. The normalized spacial score (nSPS) is 15.2. The molecule has 4 amide bonds. The molecule has 0 aliphatic carbocycles. The Balaban J connectivity index is 1.73. The second-order valence-corrected chi connectivity index (χ2v) is 9.17. The number of nitrogens with one attached hydrogen (secondary N) is 1. The van der Waals surface area contributed by atoms with E-state index in [2.05, 4.69) is 5.32 Å². The van der Waals surface area contributed by atoms with Gasteiger partial charge >= 0.3 is 16.1 Å². The number of carbonyl (C=O) groups excluding carboxylic acids is 3. The van der Waals surface area contributed by atoms with Gasteiger partial charge in [0.15, 0.2) is 0 Å². The summed E-state index contributed by atoms with van der Waals surface area (Å²) in [7, 11) is -2.75. The highest BCUT2D eigenvalue weighted by Crippen LogP contribution is 2.30. The first-order valence-corrected chi connectivity index (χ1v) is 11.8. The van der Waals surface area contributed by atoms with Gasteiger partial charge in [-0.15, -0.1) is 0 Å². The second-order valence-electron chi connectivity index (χ2n) is 7.19. The van der Waals surface area contributed by atoms with Crippen LogP contribution in [0.3, 0.4) is 0 Å². The summed E-state index contributed by atoms with van der Waals surface area (Å²) in [6.07, 6.45) is 1.11. The van der Waals surface area contributed by atoms with Crippen LogP contribution >= 0.6 is 11.6 Å². The molecule has 1 N–H and O–H groups in total. The van der Waals surface area contributed by atoms with Gasteiger partial charge in [-0.3, -0.25) is 14.9 Å². The maximum absolute atomic E-state index is 13.2. The summed E-state index contributed by atoms with van der Waals surface area (Å²) in [5.41, 5.74) is -0.190. The van der Waals surface area contributed by atoms with Crippen LogP contribution in [0.2, 0.25) is 5.02 Å². The first kappa shape index (κ1) is 24.0. The molecule has 0 radical (unpaired) electrons. The van der Waals surface area contributed by atoms with Crippen molar-refractivity contribution in [2.75, 3.05) is 12.0 Å². The van der Waals surface area contributed by atoms with Crippen LogP contribution in [0.15, 0.2) is 83.3 Å². The van der Waals surface area contributed by atoms with Crippen LogP contribution in [0.5, 0.6) is 11.5 Å². The predicted molar refractivity (Wildman–Crippen MR) is 128 cm³/mol. The molecule has 0 bridgehead atoms. The molecular weight excluding hydrogens is 496 g/mol. The minimum Gasteiger partial charge on any atom is -0.497 e. The molecule has 178 valence electrons. The monoisotopic (exact) mass is 512 g/mol. The van der Waals surface area contributed by atoms with E-state index in [-0.39, 0.29) is 26.9 Å². The van der Waals surface area contributed by atoms with Crippen LogP contribution in [0.1, 0.15) is 5.56 Å². The van der Waals surface area contributed by atoms with Crippen LogP contribution in [-0.4, -0.2) is 33.4 Å². The predicted octanol–water partition coefficient (Wildman–Crippen LogP) is 3.78. The average Bonchev–Trinajstić information content (AvgIpc) is 2.84. The van der Waals surface area contributed by atoms with Gasteiger partial charge in [-0.05, 0) is 60.7 Å². The lowest BCUT2D eigenvalue weighted by atomic mass is 10.1. The molecule has 3 aromatic carbocycles. The number of imide groups is 2. The van der Waals surface area contributed by atoms with E-state index in [1.54, 1.807) is 18.2 Å². The molecule has 0 saturated carbocycles. The lowest BCUT2D eigenvalue weighted by Gasteiger charge is -2.26. The van der Waals surface area contributed by atoms with Crippen molar-refractivity contribution in [1.29, 1.82) is 0 Å². The fraction of sp³-hybridized carbons (Fsp3) is 0.0417. The Morgan fingerprint density at radius 3 is 2.29 bits per heavy atom. The summed E-state index contributed by atoms with van der Waals surface area (Å²) in [4.78, 5) is 38.8. The Morgan fingerprint density at radius 1 is 0.943 bits per heavy atom. The second kappa shape index (κ2) is 9.61. The van der Waals surface area contributed by atoms with E-state index in [1.165, 1.54) is 61.7 Å². The maximum Gasteiger partial charge on any atom is 0.339 e. The third-order valence-corrected chi connectivity index (χ3v) is 6.42. The summed E-state index contributed by atoms with van der Waals surface area (Å²) in [6.45, 7) is 0. The molecule has 1 fully saturated rings. The molecule has 0 spiro atoms. The lowest BCUT2D eigenvalue weighted by Crippen LogP contribution is -2.54. The molecule has 1 aliphatic heterocycles. The van der Waals surface area contributed by atoms with Gasteiger partial charge in [0.1, 0.15) is 22.0 Å². The minimum absolute atomic E-state index is 0.0412. The third-order valence-electron chi connectivity index (χ3n) is 4.94. The Labute approximate surface area is 205 Å². The SMILES string of the molecule is COc1ccc(N2C(=O)NC(=O)/C(=C\c3cc(Cl)ccc3OS(=O)(=O)c3ccccc3)C2=O)cc1. The summed E-state index contributed by atoms with van der Waals surface area (Å²) in [6, 6.07) is 16.6. The van der Waals surface area contributed by atoms with Gasteiger partial charge in [-0.1, -0.05) is 29.8 Å². The fourth-order valence-electron chi connectivity index (χ4n) is 3.24. The number of hydrogen-bond acceptors (Lipinski definition) is 7. The van der Waals surface area contributed by atoms with E-state index in [0.29, 0.717) is 5.75 Å². The summed E-state index contributed by atoms with van der Waals surface area (Å²) in [5, 5.41) is 2.30. The van der Waals surface area contributed by atoms with Gasteiger partial charge in [0, 0.05) is 10.6 Å². The van der Waals surface area contributed by atoms with Crippen molar-refractivity contribution in [3.8, 4) is 11.5 Å². The number of halogens is 1. The van der Waals surface area contributed by atoms with Gasteiger partial charge in [0.2, 0.25) is 0 Å². The number of barbiturate groups is 1. The molecule has 1 heterocycles. The topological polar surface area (TPSA) is 119 Å². The largest absolute Gasteiger partial charge is 0.497 e. The van der Waals surface area contributed by atoms with Crippen molar-refractivity contribution in [2.24, 2.45) is 0 Å². The molecule has 1 saturated heterocycles. The van der Waals surface area contributed by atoms with Crippen LogP contribution in [0.4, 0.5) is 10.5 Å². The summed E-state index contributed by atoms with van der Waals surface area (Å²) >= 11 is 6.08. The molecule has 0 aromatic heterocycles. The Kier molecular flexibility index (Phi) is 6.59. The molecule has 35 heavy (non-hydrogen) atoms. The van der Waals surface area contributed by atoms with E-state index in [0.717, 1.165) is 11.0 Å². The highest BCUT2D eigenvalue weighted by atomic mass is 35.5. The molecular formula is C24H17ClN2O7S. The Morgan fingerprint density at radius 2 is 1.63 bits per heavy atom. The van der Waals surface area contributed by atoms with Crippen molar-refractivity contribution in [1.82, 2.24) is 5.32 Å². The van der Waals surface area contributed by atoms with Gasteiger partial charge in [-0.25, -0.2) is 9.69 Å². The molecule has 4 rings (SSSR count). The highest BCUT2D eigenvalue weighted by molar-refractivity contribution is 7.87. The van der Waals surface area contributed by atoms with Gasteiger partial charge in [0.25, 0.3) is 11.8 Å². The van der Waals surface area contributed by atoms with E-state index >= 15 is 0 Å². The van der Waals surface area contributed by atoms with Gasteiger partial charge in [-0.2, -0.15) is 8.42 Å². The highest BCUT2D eigenvalue weighted by Gasteiger charge is 2.37. The molecule has 9 nitrogen and oxygen atoms in total. The first-order valence-electron chi connectivity index (χ1n) is 10.0. The van der Waals surface area contributed by atoms with Crippen LogP contribution in [0.25, 0.3) is 6.08 Å². The Hall–Kier alpha value is -4.15. The number of amides is 4. The smallest absolute Gasteiger partial charge is 0.339 e. The van der Waals surface area contributed by atoms with Crippen LogP contribution in [0, 0.1) is 0 Å². The van der Waals surface area contributed by atoms with E-state index < -0.39 is 33.5 Å². The molecule has 11 heteroatoms. The van der Waals surface area contributed by atoms with E-state index in [9.17, 15) is 22.8 Å². The number of nitrogens with zero attached hydrogens (tertiary/aromatic N) is 1. The number of anilines is 1. The zero-order chi connectivity index (χ0) is 25.2. The zero-order valence-electron chi connectivity index (χ0n) is 18.1. The molecule has 3 aromatic rings. The zero-order valence-corrected chi connectivity index (χ0v) is 19.7. The average molecular weight is 513 g/mol. The van der Waals surface area contributed by atoms with Gasteiger partial charge < -0.3 is 8.92 Å². The number of ether oxygens (including phenoxy) is 1. The molecule has 1 aliphatic rings. The quantitative estimate of drug-likeness (QED) is 0.303. The summed E-state index contributed by atoms with van der Waals surface area (Å²) < 4.78 is 35.8. The van der Waals surface area contributed by atoms with Crippen molar-refractivity contribution < 1.29 is 31.7 Å².